The molecule has 0 amide bonds. The lowest BCUT2D eigenvalue weighted by molar-refractivity contribution is 0.395. The predicted molar refractivity (Wildman–Crippen MR) is 135 cm³/mol. The standard InChI is InChI=1S/C25H27FN4OS2/c1-4-5-6-14-30-16(2)21(22(27-25(30)32)17-10-12-20(33-3)13-11-17)24-28-23(29-31-24)18-8-7-9-19(26)15-18/h7-13,15,22H,4-6,14H2,1-3H3,(H,27,32). The van der Waals surface area contributed by atoms with Gasteiger partial charge in [0, 0.05) is 22.7 Å². The van der Waals surface area contributed by atoms with E-state index in [2.05, 4.69) is 57.8 Å². The zero-order valence-electron chi connectivity index (χ0n) is 19.0. The van der Waals surface area contributed by atoms with Crippen molar-refractivity contribution in [2.75, 3.05) is 12.8 Å². The number of benzene rings is 2. The number of allylic oxidation sites excluding steroid dienone is 1. The van der Waals surface area contributed by atoms with Crippen LogP contribution in [0.4, 0.5) is 4.39 Å². The number of halogens is 1. The van der Waals surface area contributed by atoms with Crippen molar-refractivity contribution in [2.45, 2.75) is 44.0 Å². The molecule has 0 aliphatic carbocycles. The van der Waals surface area contributed by atoms with E-state index < -0.39 is 0 Å². The minimum atomic E-state index is -0.340. The molecule has 1 unspecified atom stereocenters. The van der Waals surface area contributed by atoms with Gasteiger partial charge in [0.2, 0.25) is 5.82 Å². The topological polar surface area (TPSA) is 54.2 Å². The molecule has 0 saturated heterocycles. The molecule has 33 heavy (non-hydrogen) atoms. The van der Waals surface area contributed by atoms with Gasteiger partial charge >= 0.3 is 0 Å². The summed E-state index contributed by atoms with van der Waals surface area (Å²) in [4.78, 5) is 7.94. The molecule has 2 aromatic carbocycles. The minimum Gasteiger partial charge on any atom is -0.351 e. The summed E-state index contributed by atoms with van der Waals surface area (Å²) in [6, 6.07) is 14.4. The Morgan fingerprint density at radius 1 is 1.18 bits per heavy atom. The average molecular weight is 483 g/mol. The molecule has 1 N–H and O–H groups in total. The smallest absolute Gasteiger partial charge is 0.258 e. The third-order valence-corrected chi connectivity index (χ3v) is 6.85. The molecule has 2 heterocycles. The van der Waals surface area contributed by atoms with Gasteiger partial charge in [0.1, 0.15) is 5.82 Å². The molecule has 1 atom stereocenters. The number of unbranched alkanes of at least 4 members (excludes halogenated alkanes) is 2. The first-order valence-electron chi connectivity index (χ1n) is 11.0. The van der Waals surface area contributed by atoms with Crippen LogP contribution in [0.2, 0.25) is 0 Å². The molecule has 5 nitrogen and oxygen atoms in total. The number of hydrogen-bond acceptors (Lipinski definition) is 5. The van der Waals surface area contributed by atoms with Crippen LogP contribution >= 0.6 is 24.0 Å². The van der Waals surface area contributed by atoms with Gasteiger partial charge in [-0.3, -0.25) is 0 Å². The summed E-state index contributed by atoms with van der Waals surface area (Å²) in [6.45, 7) is 5.04. The Morgan fingerprint density at radius 2 is 1.97 bits per heavy atom. The van der Waals surface area contributed by atoms with Gasteiger partial charge in [-0.15, -0.1) is 11.8 Å². The Bertz CT molecular complexity index is 1160. The van der Waals surface area contributed by atoms with Crippen molar-refractivity contribution < 1.29 is 8.91 Å². The molecular formula is C25H27FN4OS2. The molecule has 1 aliphatic heterocycles. The van der Waals surface area contributed by atoms with E-state index in [1.165, 1.54) is 17.0 Å². The highest BCUT2D eigenvalue weighted by Gasteiger charge is 2.33. The molecular weight excluding hydrogens is 455 g/mol. The number of thiocarbonyl (C=S) groups is 1. The minimum absolute atomic E-state index is 0.225. The molecule has 0 saturated carbocycles. The van der Waals surface area contributed by atoms with Crippen LogP contribution in [0.25, 0.3) is 17.0 Å². The van der Waals surface area contributed by atoms with E-state index in [1.54, 1.807) is 23.9 Å². The van der Waals surface area contributed by atoms with Crippen LogP contribution in [0.5, 0.6) is 0 Å². The van der Waals surface area contributed by atoms with E-state index in [0.29, 0.717) is 22.4 Å². The van der Waals surface area contributed by atoms with Crippen LogP contribution in [0, 0.1) is 5.82 Å². The lowest BCUT2D eigenvalue weighted by atomic mass is 9.94. The summed E-state index contributed by atoms with van der Waals surface area (Å²) in [5.41, 5.74) is 3.50. The van der Waals surface area contributed by atoms with Crippen LogP contribution in [-0.4, -0.2) is 33.0 Å². The number of aromatic nitrogens is 2. The van der Waals surface area contributed by atoms with Crippen molar-refractivity contribution in [3.8, 4) is 11.4 Å². The van der Waals surface area contributed by atoms with Gasteiger partial charge in [-0.1, -0.05) is 49.2 Å². The number of hydrogen-bond donors (Lipinski definition) is 1. The van der Waals surface area contributed by atoms with Crippen LogP contribution in [-0.2, 0) is 0 Å². The molecule has 0 spiro atoms. The summed E-state index contributed by atoms with van der Waals surface area (Å²) in [5, 5.41) is 8.32. The Balaban J connectivity index is 1.76. The number of nitrogens with zero attached hydrogens (tertiary/aromatic N) is 3. The summed E-state index contributed by atoms with van der Waals surface area (Å²) < 4.78 is 19.5. The normalized spacial score (nSPS) is 16.3. The van der Waals surface area contributed by atoms with E-state index in [1.807, 2.05) is 6.92 Å². The Kier molecular flexibility index (Phi) is 7.45. The van der Waals surface area contributed by atoms with E-state index in [-0.39, 0.29) is 11.9 Å². The highest BCUT2D eigenvalue weighted by Crippen LogP contribution is 2.38. The molecule has 3 aromatic rings. The van der Waals surface area contributed by atoms with Crippen molar-refractivity contribution in [3.05, 3.63) is 71.5 Å². The fraction of sp³-hybridized carbons (Fsp3) is 0.320. The van der Waals surface area contributed by atoms with Crippen LogP contribution in [0.15, 0.2) is 63.6 Å². The molecule has 0 bridgehead atoms. The second-order valence-corrected chi connectivity index (χ2v) is 9.21. The molecule has 0 radical (unpaired) electrons. The van der Waals surface area contributed by atoms with Crippen LogP contribution < -0.4 is 5.32 Å². The number of nitrogens with one attached hydrogen (secondary N) is 1. The first kappa shape index (κ1) is 23.4. The Morgan fingerprint density at radius 3 is 2.67 bits per heavy atom. The zero-order chi connectivity index (χ0) is 23.4. The molecule has 172 valence electrons. The second kappa shape index (κ2) is 10.5. The van der Waals surface area contributed by atoms with Crippen molar-refractivity contribution in [1.82, 2.24) is 20.4 Å². The number of rotatable bonds is 8. The second-order valence-electron chi connectivity index (χ2n) is 7.95. The summed E-state index contributed by atoms with van der Waals surface area (Å²) in [7, 11) is 0. The Labute approximate surface area is 203 Å². The highest BCUT2D eigenvalue weighted by atomic mass is 32.2. The van der Waals surface area contributed by atoms with Crippen LogP contribution in [0.3, 0.4) is 0 Å². The van der Waals surface area contributed by atoms with Gasteiger partial charge in [0.05, 0.1) is 11.6 Å². The molecule has 4 rings (SSSR count). The maximum absolute atomic E-state index is 13.7. The van der Waals surface area contributed by atoms with E-state index >= 15 is 0 Å². The van der Waals surface area contributed by atoms with Crippen molar-refractivity contribution in [3.63, 3.8) is 0 Å². The highest BCUT2D eigenvalue weighted by molar-refractivity contribution is 7.98. The zero-order valence-corrected chi connectivity index (χ0v) is 20.6. The average Bonchev–Trinajstić information content (AvgIpc) is 3.31. The summed E-state index contributed by atoms with van der Waals surface area (Å²) >= 11 is 7.44. The van der Waals surface area contributed by atoms with Crippen molar-refractivity contribution in [1.29, 1.82) is 0 Å². The van der Waals surface area contributed by atoms with Gasteiger partial charge in [-0.05, 0) is 61.6 Å². The van der Waals surface area contributed by atoms with E-state index in [0.717, 1.165) is 42.6 Å². The lowest BCUT2D eigenvalue weighted by Crippen LogP contribution is -2.46. The summed E-state index contributed by atoms with van der Waals surface area (Å²) in [5.74, 6) is 0.418. The van der Waals surface area contributed by atoms with Gasteiger partial charge < -0.3 is 14.7 Å². The SMILES string of the molecule is CCCCCN1C(=S)NC(c2ccc(SC)cc2)C(c2nc(-c3cccc(F)c3)no2)=C1C. The molecule has 1 aliphatic rings. The van der Waals surface area contributed by atoms with Crippen molar-refractivity contribution in [2.24, 2.45) is 0 Å². The maximum atomic E-state index is 13.7. The Hall–Kier alpha value is -2.71. The monoisotopic (exact) mass is 482 g/mol. The fourth-order valence-electron chi connectivity index (χ4n) is 3.97. The van der Waals surface area contributed by atoms with E-state index in [9.17, 15) is 4.39 Å². The largest absolute Gasteiger partial charge is 0.351 e. The van der Waals surface area contributed by atoms with Gasteiger partial charge in [0.15, 0.2) is 5.11 Å². The third-order valence-electron chi connectivity index (χ3n) is 5.77. The third kappa shape index (κ3) is 5.12. The van der Waals surface area contributed by atoms with Crippen LogP contribution in [0.1, 0.15) is 50.6 Å². The molecule has 1 aromatic heterocycles. The number of thioether (sulfide) groups is 1. The van der Waals surface area contributed by atoms with Gasteiger partial charge in [-0.2, -0.15) is 4.98 Å². The summed E-state index contributed by atoms with van der Waals surface area (Å²) in [6.07, 6.45) is 5.35. The van der Waals surface area contributed by atoms with Gasteiger partial charge in [0.25, 0.3) is 5.89 Å². The first-order valence-corrected chi connectivity index (χ1v) is 12.7. The first-order chi connectivity index (χ1) is 16.0. The fourth-order valence-corrected chi connectivity index (χ4v) is 4.73. The van der Waals surface area contributed by atoms with E-state index in [4.69, 9.17) is 16.7 Å². The quantitative estimate of drug-likeness (QED) is 0.225. The predicted octanol–water partition coefficient (Wildman–Crippen LogP) is 6.45. The maximum Gasteiger partial charge on any atom is 0.258 e. The molecule has 8 heteroatoms. The van der Waals surface area contributed by atoms with Crippen molar-refractivity contribution >= 4 is 34.7 Å². The molecule has 0 fully saturated rings. The lowest BCUT2D eigenvalue weighted by Gasteiger charge is -2.37. The van der Waals surface area contributed by atoms with Gasteiger partial charge in [-0.25, -0.2) is 4.39 Å².